The van der Waals surface area contributed by atoms with E-state index in [1.807, 2.05) is 12.1 Å². The summed E-state index contributed by atoms with van der Waals surface area (Å²) in [5, 5.41) is 6.35. The molecule has 0 radical (unpaired) electrons. The zero-order chi connectivity index (χ0) is 90.6. The van der Waals surface area contributed by atoms with Gasteiger partial charge in [-0.05, 0) is 237 Å². The Kier molecular flexibility index (Phi) is 14.9. The second-order valence-corrected chi connectivity index (χ2v) is 40.1. The summed E-state index contributed by atoms with van der Waals surface area (Å²) < 4.78 is 93.1. The van der Waals surface area contributed by atoms with E-state index in [4.69, 9.17) is 4.42 Å². The Morgan fingerprint density at radius 1 is 0.240 bits per heavy atom. The molecular weight excluding hydrogens is 1470 g/mol. The summed E-state index contributed by atoms with van der Waals surface area (Å²) in [6, 6.07) is 90.2. The Hall–Kier alpha value is -12.8. The fourth-order valence-electron chi connectivity index (χ4n) is 19.2. The van der Waals surface area contributed by atoms with Gasteiger partial charge in [-0.15, -0.1) is 0 Å². The highest BCUT2D eigenvalue weighted by Crippen LogP contribution is 2.53. The Bertz CT molecular complexity index is 7740. The van der Waals surface area contributed by atoms with Gasteiger partial charge in [-0.25, -0.2) is 0 Å². The molecule has 121 heavy (non-hydrogen) atoms. The van der Waals surface area contributed by atoms with Gasteiger partial charge in [0, 0.05) is 77.2 Å². The van der Waals surface area contributed by atoms with E-state index in [-0.39, 0.29) is 54.3 Å². The molecule has 0 amide bonds. The van der Waals surface area contributed by atoms with Gasteiger partial charge in [0.15, 0.2) is 11.2 Å². The first-order valence-electron chi connectivity index (χ1n) is 46.7. The van der Waals surface area contributed by atoms with Gasteiger partial charge < -0.3 is 27.9 Å². The minimum absolute atomic E-state index is 0.00412. The number of hydrogen-bond donors (Lipinski definition) is 0. The predicted octanol–water partition coefficient (Wildman–Crippen LogP) is 29.7. The van der Waals surface area contributed by atoms with Crippen LogP contribution in [0, 0.1) is 0 Å². The molecule has 0 aliphatic carbocycles. The van der Waals surface area contributed by atoms with E-state index in [1.54, 1.807) is 4.57 Å². The van der Waals surface area contributed by atoms with Crippen molar-refractivity contribution in [3.63, 3.8) is 0 Å². The van der Waals surface area contributed by atoms with Gasteiger partial charge in [0.1, 0.15) is 0 Å². The molecule has 0 unspecified atom stereocenters. The minimum atomic E-state index is -0.550. The fraction of sp³-hybridized carbons (Fsp3) is 0.211. The van der Waals surface area contributed by atoms with Crippen LogP contribution in [0.3, 0.4) is 0 Å². The van der Waals surface area contributed by atoms with Crippen molar-refractivity contribution >= 4 is 145 Å². The lowest BCUT2D eigenvalue weighted by molar-refractivity contribution is 0.569. The summed E-state index contributed by atoms with van der Waals surface area (Å²) in [6.45, 7) is 40.4. The molecule has 19 aromatic rings. The van der Waals surface area contributed by atoms with Crippen LogP contribution in [-0.2, 0) is 32.5 Å². The van der Waals surface area contributed by atoms with E-state index < -0.39 is 55.1 Å². The standard InChI is InChI=1S/C114H104BN5O/c1-109(2,3)75-44-51-96-88(62-75)89-63-76(110(4,5)6)45-52-97(89)116(96)81-48-50-93-103(66-81)118(82-58-72(69-31-21-19-22-32-69)55-73(59-82)70-33-23-20-24-34-70)104-67-83(117-94-39-27-25-35-84(94)85-36-26-28-40-95(85)117)68-105-106(104)115(93)92-49-43-71(74-56-79(113(13,14)15)61-80(57-74)114(16,17)18)60-102(92)120(105)101-42-30-38-87-86-37-29-41-100(107(86)121-108(87)101)119-98-53-46-77(111(7,8)9)64-90(98)91-65-78(112(10,11)12)47-54-99(91)119/h19-68H,1-18H3/i25D,26D,27D,28D,35D,36D,39D,40D. The van der Waals surface area contributed by atoms with Crippen molar-refractivity contribution in [3.8, 4) is 50.4 Å². The Balaban J connectivity index is 0.940. The SMILES string of the molecule is [2H]c1c([2H])c([2H])c2c(c1[2H])c1c([2H])c([2H])c([2H])c([2H])c1n2-c1cc2c3c(c1)N(c1cccc4c1oc1c(-n5c6ccc(C(C)(C)C)cc6c6cc(C(C)(C)C)ccc65)cccc14)c1cc(-c4cc(C(C)(C)C)cc(C(C)(C)C)c4)ccc1B3c1ccc(-n3c4ccc(C(C)(C)C)cc4c4cc(C(C)(C)C)ccc43)cc1N2c1cc(-c2ccccc2)cc(-c2ccccc2)c1. The van der Waals surface area contributed by atoms with Crippen LogP contribution in [-0.4, -0.2) is 20.4 Å². The molecule has 0 bridgehead atoms. The fourth-order valence-corrected chi connectivity index (χ4v) is 19.2. The number of fused-ring (bicyclic) bond motifs is 16. The Labute approximate surface area is 723 Å². The normalized spacial score (nSPS) is 14.4. The summed E-state index contributed by atoms with van der Waals surface area (Å²) in [6.07, 6.45) is 0. The molecule has 21 rings (SSSR count). The van der Waals surface area contributed by atoms with Crippen molar-refractivity contribution < 1.29 is 15.4 Å². The van der Waals surface area contributed by atoms with Gasteiger partial charge in [-0.2, -0.15) is 0 Å². The largest absolute Gasteiger partial charge is 0.452 e. The van der Waals surface area contributed by atoms with Crippen LogP contribution in [0.25, 0.3) is 138 Å². The van der Waals surface area contributed by atoms with Crippen molar-refractivity contribution in [3.05, 3.63) is 337 Å². The van der Waals surface area contributed by atoms with Gasteiger partial charge in [-0.3, -0.25) is 0 Å². The van der Waals surface area contributed by atoms with Crippen LogP contribution >= 0.6 is 0 Å². The van der Waals surface area contributed by atoms with Gasteiger partial charge >= 0.3 is 0 Å². The maximum absolute atomic E-state index is 10.3. The monoisotopic (exact) mass is 1580 g/mol. The van der Waals surface area contributed by atoms with Crippen LogP contribution in [0.2, 0.25) is 0 Å². The van der Waals surface area contributed by atoms with Gasteiger partial charge in [-0.1, -0.05) is 306 Å². The third kappa shape index (κ3) is 12.2. The summed E-state index contributed by atoms with van der Waals surface area (Å²) in [4.78, 5) is 4.77. The molecule has 4 aromatic heterocycles. The summed E-state index contributed by atoms with van der Waals surface area (Å²) in [5.74, 6) is 0. The third-order valence-electron chi connectivity index (χ3n) is 25.9. The van der Waals surface area contributed by atoms with Crippen molar-refractivity contribution in [2.24, 2.45) is 0 Å². The lowest BCUT2D eigenvalue weighted by Crippen LogP contribution is -2.61. The van der Waals surface area contributed by atoms with E-state index in [9.17, 15) is 11.0 Å². The Morgan fingerprint density at radius 2 is 0.636 bits per heavy atom. The lowest BCUT2D eigenvalue weighted by atomic mass is 9.33. The molecule has 2 aliphatic heterocycles. The number of hydrogen-bond acceptors (Lipinski definition) is 3. The van der Waals surface area contributed by atoms with Gasteiger partial charge in [0.2, 0.25) is 0 Å². The molecule has 0 saturated heterocycles. The molecule has 0 spiro atoms. The zero-order valence-electron chi connectivity index (χ0n) is 80.5. The average Bonchev–Trinajstić information content (AvgIpc) is 0.827. The smallest absolute Gasteiger partial charge is 0.252 e. The number of rotatable bonds is 8. The second kappa shape index (κ2) is 26.8. The summed E-state index contributed by atoms with van der Waals surface area (Å²) >= 11 is 0. The van der Waals surface area contributed by atoms with E-state index in [2.05, 4.69) is 386 Å². The number of nitrogens with zero attached hydrogens (tertiary/aromatic N) is 5. The maximum Gasteiger partial charge on any atom is 0.252 e. The molecule has 6 heterocycles. The van der Waals surface area contributed by atoms with Gasteiger partial charge in [0.25, 0.3) is 6.71 Å². The second-order valence-electron chi connectivity index (χ2n) is 40.1. The summed E-state index contributed by atoms with van der Waals surface area (Å²) in [5.41, 5.74) is 27.5. The molecule has 0 N–H and O–H groups in total. The number of anilines is 6. The number of benzene rings is 15. The van der Waals surface area contributed by atoms with Crippen LogP contribution in [0.1, 0.15) is 169 Å². The number of para-hydroxylation sites is 4. The lowest BCUT2D eigenvalue weighted by Gasteiger charge is -2.44. The average molecular weight is 1580 g/mol. The molecular formula is C114H104BN5O. The first-order valence-corrected chi connectivity index (χ1v) is 42.7. The quantitative estimate of drug-likeness (QED) is 0.142. The molecule has 0 fully saturated rings. The van der Waals surface area contributed by atoms with Crippen LogP contribution in [0.15, 0.2) is 308 Å². The number of furan rings is 1. The third-order valence-corrected chi connectivity index (χ3v) is 25.9. The van der Waals surface area contributed by atoms with Crippen molar-refractivity contribution in [2.45, 2.75) is 157 Å². The van der Waals surface area contributed by atoms with Crippen molar-refractivity contribution in [1.29, 1.82) is 0 Å². The topological polar surface area (TPSA) is 34.4 Å². The maximum atomic E-state index is 10.3. The van der Waals surface area contributed by atoms with Crippen LogP contribution < -0.4 is 26.2 Å². The van der Waals surface area contributed by atoms with Gasteiger partial charge in [0.05, 0.1) is 61.1 Å². The highest BCUT2D eigenvalue weighted by atomic mass is 16.3. The van der Waals surface area contributed by atoms with E-state index in [0.717, 1.165) is 133 Å². The molecule has 6 nitrogen and oxygen atoms in total. The molecule has 7 heteroatoms. The van der Waals surface area contributed by atoms with Crippen LogP contribution in [0.5, 0.6) is 0 Å². The number of aromatic nitrogens is 3. The first kappa shape index (κ1) is 67.0. The molecule has 594 valence electrons. The summed E-state index contributed by atoms with van der Waals surface area (Å²) in [7, 11) is 0. The predicted molar refractivity (Wildman–Crippen MR) is 519 cm³/mol. The zero-order valence-corrected chi connectivity index (χ0v) is 72.5. The first-order chi connectivity index (χ1) is 61.1. The molecule has 0 saturated carbocycles. The minimum Gasteiger partial charge on any atom is -0.452 e. The molecule has 2 aliphatic rings. The van der Waals surface area contributed by atoms with Crippen molar-refractivity contribution in [1.82, 2.24) is 13.7 Å². The van der Waals surface area contributed by atoms with E-state index in [0.29, 0.717) is 33.9 Å². The van der Waals surface area contributed by atoms with E-state index >= 15 is 0 Å². The van der Waals surface area contributed by atoms with E-state index in [1.165, 1.54) is 33.4 Å². The van der Waals surface area contributed by atoms with Crippen LogP contribution in [0.4, 0.5) is 34.1 Å². The highest BCUT2D eigenvalue weighted by molar-refractivity contribution is 7.00. The highest BCUT2D eigenvalue weighted by Gasteiger charge is 2.46. The van der Waals surface area contributed by atoms with Crippen molar-refractivity contribution in [2.75, 3.05) is 9.80 Å². The molecule has 0 atom stereocenters. The Morgan fingerprint density at radius 3 is 1.11 bits per heavy atom. The molecule has 15 aromatic carbocycles.